The summed E-state index contributed by atoms with van der Waals surface area (Å²) in [6.07, 6.45) is 15.1. The van der Waals surface area contributed by atoms with Crippen LogP contribution in [0.4, 0.5) is 0 Å². The maximum Gasteiger partial charge on any atom is 0.210 e. The number of benzene rings is 1. The Balaban J connectivity index is 3.02. The Morgan fingerprint density at radius 1 is 0.935 bits per heavy atom. The van der Waals surface area contributed by atoms with Crippen LogP contribution in [-0.4, -0.2) is 33.0 Å². The van der Waals surface area contributed by atoms with Gasteiger partial charge in [-0.3, -0.25) is 0 Å². The van der Waals surface area contributed by atoms with Crippen molar-refractivity contribution in [2.24, 2.45) is 0 Å². The van der Waals surface area contributed by atoms with Crippen LogP contribution in [-0.2, 0) is 14.6 Å². The minimum absolute atomic E-state index is 0.105. The van der Waals surface area contributed by atoms with E-state index in [2.05, 4.69) is 25.3 Å². The van der Waals surface area contributed by atoms with Crippen molar-refractivity contribution in [3.8, 4) is 0 Å². The molecule has 1 aromatic carbocycles. The molecule has 0 atom stereocenters. The third kappa shape index (κ3) is 10.2. The minimum Gasteiger partial charge on any atom is -0.493 e. The highest BCUT2D eigenvalue weighted by Gasteiger charge is 2.23. The Bertz CT molecular complexity index is 770. The Labute approximate surface area is 190 Å². The first-order valence-electron chi connectivity index (χ1n) is 11.7. The summed E-state index contributed by atoms with van der Waals surface area (Å²) in [6, 6.07) is 8.44. The maximum absolute atomic E-state index is 13.2. The zero-order valence-electron chi connectivity index (χ0n) is 19.7. The van der Waals surface area contributed by atoms with Crippen LogP contribution in [0.5, 0.6) is 0 Å². The predicted octanol–water partition coefficient (Wildman–Crippen LogP) is 6.87. The van der Waals surface area contributed by atoms with Gasteiger partial charge in [0.2, 0.25) is 9.84 Å². The molecule has 0 fully saturated rings. The number of unbranched alkanes of at least 4 members (excludes halogenated alkanes) is 6. The third-order valence-electron chi connectivity index (χ3n) is 5.08. The highest BCUT2D eigenvalue weighted by Crippen LogP contribution is 2.25. The lowest BCUT2D eigenvalue weighted by molar-refractivity contribution is 0.242. The Morgan fingerprint density at radius 3 is 2.03 bits per heavy atom. The van der Waals surface area contributed by atoms with E-state index < -0.39 is 9.84 Å². The van der Waals surface area contributed by atoms with E-state index in [1.54, 1.807) is 36.4 Å². The highest BCUT2D eigenvalue weighted by molar-refractivity contribution is 7.95. The van der Waals surface area contributed by atoms with Crippen molar-refractivity contribution in [2.75, 3.05) is 19.7 Å². The number of allylic oxidation sites excluding steroid dienone is 2. The molecule has 0 aromatic heterocycles. The molecule has 1 rings (SSSR count). The summed E-state index contributed by atoms with van der Waals surface area (Å²) in [5, 5.41) is 0. The average Bonchev–Trinajstić information content (AvgIpc) is 2.77. The molecule has 0 bridgehead atoms. The second kappa shape index (κ2) is 15.7. The summed E-state index contributed by atoms with van der Waals surface area (Å²) in [4.78, 5) is 2.65. The van der Waals surface area contributed by atoms with Crippen molar-refractivity contribution >= 4 is 9.84 Å². The molecule has 1 aromatic rings. The van der Waals surface area contributed by atoms with Gasteiger partial charge in [0.05, 0.1) is 11.5 Å². The Kier molecular flexibility index (Phi) is 13.7. The lowest BCUT2D eigenvalue weighted by atomic mass is 10.2. The van der Waals surface area contributed by atoms with Crippen molar-refractivity contribution in [1.29, 1.82) is 0 Å². The lowest BCUT2D eigenvalue weighted by Gasteiger charge is -2.20. The molecule has 0 aliphatic heterocycles. The topological polar surface area (TPSA) is 46.6 Å². The summed E-state index contributed by atoms with van der Waals surface area (Å²) in [6.45, 7) is 12.5. The van der Waals surface area contributed by atoms with Crippen LogP contribution in [0.1, 0.15) is 72.1 Å². The number of sulfone groups is 1. The van der Waals surface area contributed by atoms with Gasteiger partial charge in [-0.05, 0) is 50.3 Å². The lowest BCUT2D eigenvalue weighted by Crippen LogP contribution is -2.20. The first-order valence-corrected chi connectivity index (χ1v) is 13.2. The molecule has 0 unspecified atom stereocenters. The second-order valence-electron chi connectivity index (χ2n) is 7.70. The van der Waals surface area contributed by atoms with Crippen molar-refractivity contribution in [2.45, 2.75) is 77.0 Å². The number of hydrogen-bond acceptors (Lipinski definition) is 4. The molecule has 0 radical (unpaired) electrons. The van der Waals surface area contributed by atoms with Crippen LogP contribution in [0, 0.1) is 0 Å². The fourth-order valence-electron chi connectivity index (χ4n) is 3.30. The van der Waals surface area contributed by atoms with E-state index in [-0.39, 0.29) is 15.6 Å². The van der Waals surface area contributed by atoms with E-state index in [0.717, 1.165) is 25.9 Å². The van der Waals surface area contributed by atoms with Crippen LogP contribution >= 0.6 is 0 Å². The summed E-state index contributed by atoms with van der Waals surface area (Å²) in [5.74, 6) is 0.174. The molecule has 0 aliphatic rings. The van der Waals surface area contributed by atoms with Crippen molar-refractivity contribution in [1.82, 2.24) is 4.90 Å². The van der Waals surface area contributed by atoms with Crippen LogP contribution in [0.15, 0.2) is 70.8 Å². The van der Waals surface area contributed by atoms with Crippen LogP contribution in [0.3, 0.4) is 0 Å². The van der Waals surface area contributed by atoms with Gasteiger partial charge < -0.3 is 9.64 Å². The van der Waals surface area contributed by atoms with Crippen LogP contribution in [0.25, 0.3) is 0 Å². The van der Waals surface area contributed by atoms with Crippen molar-refractivity contribution in [3.05, 3.63) is 65.9 Å². The molecule has 0 saturated carbocycles. The molecule has 0 aliphatic carbocycles. The standard InChI is InChI=1S/C26H41NO3S/c1-5-8-10-15-21-27(22-16-11-9-6-2)23-17-20-26(24(4)30-7-3)31(28,29)25-18-13-12-14-19-25/h12-14,17-20,23H,4-11,15-16,21-22H2,1-3H3/b23-17+,26-20-. The fourth-order valence-corrected chi connectivity index (χ4v) is 4.69. The van der Waals surface area contributed by atoms with Gasteiger partial charge in [-0.2, -0.15) is 0 Å². The molecule has 0 N–H and O–H groups in total. The van der Waals surface area contributed by atoms with Crippen LogP contribution in [0.2, 0.25) is 0 Å². The predicted molar refractivity (Wildman–Crippen MR) is 131 cm³/mol. The third-order valence-corrected chi connectivity index (χ3v) is 6.91. The molecular formula is C26H41NO3S. The van der Waals surface area contributed by atoms with Gasteiger partial charge in [0.25, 0.3) is 0 Å². The van der Waals surface area contributed by atoms with Gasteiger partial charge in [0, 0.05) is 13.1 Å². The summed E-state index contributed by atoms with van der Waals surface area (Å²) < 4.78 is 31.8. The largest absolute Gasteiger partial charge is 0.493 e. The van der Waals surface area contributed by atoms with Gasteiger partial charge in [0.15, 0.2) is 0 Å². The smallest absolute Gasteiger partial charge is 0.210 e. The first-order chi connectivity index (χ1) is 15.0. The molecule has 0 heterocycles. The first kappa shape index (κ1) is 27.0. The summed E-state index contributed by atoms with van der Waals surface area (Å²) >= 11 is 0. The number of rotatable bonds is 17. The second-order valence-corrected chi connectivity index (χ2v) is 9.62. The monoisotopic (exact) mass is 447 g/mol. The van der Waals surface area contributed by atoms with E-state index in [4.69, 9.17) is 4.74 Å². The van der Waals surface area contributed by atoms with Crippen molar-refractivity contribution in [3.63, 3.8) is 0 Å². The zero-order chi connectivity index (χ0) is 23.0. The summed E-state index contributed by atoms with van der Waals surface area (Å²) in [7, 11) is -3.70. The average molecular weight is 448 g/mol. The van der Waals surface area contributed by atoms with E-state index in [1.165, 1.54) is 38.5 Å². The van der Waals surface area contributed by atoms with Crippen LogP contribution < -0.4 is 0 Å². The highest BCUT2D eigenvalue weighted by atomic mass is 32.2. The normalized spacial score (nSPS) is 12.3. The van der Waals surface area contributed by atoms with E-state index in [9.17, 15) is 8.42 Å². The Morgan fingerprint density at radius 2 is 1.52 bits per heavy atom. The minimum atomic E-state index is -3.70. The molecule has 5 heteroatoms. The Hall–Kier alpha value is -2.01. The molecular weight excluding hydrogens is 406 g/mol. The van der Waals surface area contributed by atoms with E-state index in [1.807, 2.05) is 19.2 Å². The molecule has 0 amide bonds. The van der Waals surface area contributed by atoms with Gasteiger partial charge in [-0.25, -0.2) is 8.42 Å². The number of nitrogens with zero attached hydrogens (tertiary/aromatic N) is 1. The van der Waals surface area contributed by atoms with Gasteiger partial charge in [-0.1, -0.05) is 77.2 Å². The number of ether oxygens (including phenoxy) is 1. The molecule has 174 valence electrons. The molecule has 0 saturated heterocycles. The van der Waals surface area contributed by atoms with Gasteiger partial charge in [0.1, 0.15) is 10.7 Å². The quantitative estimate of drug-likeness (QED) is 0.148. The van der Waals surface area contributed by atoms with Gasteiger partial charge >= 0.3 is 0 Å². The number of hydrogen-bond donors (Lipinski definition) is 0. The SMILES string of the molecule is C=C(OCC)/C(=C/C=C/N(CCCCCC)CCCCCC)S(=O)(=O)c1ccccc1. The zero-order valence-corrected chi connectivity index (χ0v) is 20.5. The molecule has 0 spiro atoms. The van der Waals surface area contributed by atoms with E-state index in [0.29, 0.717) is 6.61 Å². The fraction of sp³-hybridized carbons (Fsp3) is 0.538. The van der Waals surface area contributed by atoms with Crippen molar-refractivity contribution < 1.29 is 13.2 Å². The van der Waals surface area contributed by atoms with Gasteiger partial charge in [-0.15, -0.1) is 0 Å². The van der Waals surface area contributed by atoms with E-state index >= 15 is 0 Å². The summed E-state index contributed by atoms with van der Waals surface area (Å²) in [5.41, 5.74) is 0. The maximum atomic E-state index is 13.2. The molecule has 31 heavy (non-hydrogen) atoms. The molecule has 4 nitrogen and oxygen atoms in total.